The molecule has 0 fully saturated rings. The highest BCUT2D eigenvalue weighted by atomic mass is 35.5. The van der Waals surface area contributed by atoms with Crippen LogP contribution >= 0.6 is 11.6 Å². The van der Waals surface area contributed by atoms with Gasteiger partial charge in [0, 0.05) is 19.7 Å². The Morgan fingerprint density at radius 1 is 1.58 bits per heavy atom. The molecule has 0 spiro atoms. The summed E-state index contributed by atoms with van der Waals surface area (Å²) in [5.74, 6) is -0.322. The lowest BCUT2D eigenvalue weighted by Gasteiger charge is -2.17. The summed E-state index contributed by atoms with van der Waals surface area (Å²) in [6.07, 6.45) is 3.37. The Morgan fingerprint density at radius 3 is 2.84 bits per heavy atom. The Labute approximate surface area is 116 Å². The number of nitro groups is 1. The number of unbranched alkanes of at least 4 members (excludes halogenated alkanes) is 1. The Balaban J connectivity index is 2.90. The number of nitro benzene ring substituents is 1. The van der Waals surface area contributed by atoms with E-state index >= 15 is 0 Å². The molecule has 1 aromatic rings. The molecule has 5 nitrogen and oxygen atoms in total. The molecule has 1 rings (SSSR count). The van der Waals surface area contributed by atoms with Crippen LogP contribution in [0.15, 0.2) is 30.9 Å². The minimum Gasteiger partial charge on any atom is -0.342 e. The molecule has 0 aliphatic carbocycles. The minimum absolute atomic E-state index is 0.118. The van der Waals surface area contributed by atoms with Crippen molar-refractivity contribution >= 4 is 23.2 Å². The van der Waals surface area contributed by atoms with Crippen LogP contribution in [0.3, 0.4) is 0 Å². The van der Waals surface area contributed by atoms with Gasteiger partial charge in [0.25, 0.3) is 11.6 Å². The molecule has 102 valence electrons. The van der Waals surface area contributed by atoms with Crippen LogP contribution in [0.5, 0.6) is 0 Å². The summed E-state index contributed by atoms with van der Waals surface area (Å²) < 4.78 is 0. The van der Waals surface area contributed by atoms with Crippen molar-refractivity contribution in [1.29, 1.82) is 0 Å². The second-order valence-corrected chi connectivity index (χ2v) is 4.43. The second kappa shape index (κ2) is 6.89. The first-order chi connectivity index (χ1) is 8.99. The van der Waals surface area contributed by atoms with Crippen molar-refractivity contribution in [2.24, 2.45) is 0 Å². The van der Waals surface area contributed by atoms with E-state index in [2.05, 4.69) is 6.58 Å². The van der Waals surface area contributed by atoms with Crippen molar-refractivity contribution in [2.75, 3.05) is 13.6 Å². The maximum atomic E-state index is 12.1. The third-order valence-corrected chi connectivity index (χ3v) is 3.05. The van der Waals surface area contributed by atoms with Crippen LogP contribution < -0.4 is 0 Å². The van der Waals surface area contributed by atoms with Gasteiger partial charge in [-0.05, 0) is 18.9 Å². The van der Waals surface area contributed by atoms with Crippen LogP contribution in [0.1, 0.15) is 23.2 Å². The highest BCUT2D eigenvalue weighted by molar-refractivity contribution is 6.35. The Kier molecular flexibility index (Phi) is 5.51. The third kappa shape index (κ3) is 3.79. The number of amides is 1. The highest BCUT2D eigenvalue weighted by Crippen LogP contribution is 2.28. The topological polar surface area (TPSA) is 63.5 Å². The lowest BCUT2D eigenvalue weighted by molar-refractivity contribution is -0.384. The summed E-state index contributed by atoms with van der Waals surface area (Å²) >= 11 is 5.90. The van der Waals surface area contributed by atoms with E-state index in [4.69, 9.17) is 11.6 Å². The molecule has 0 aromatic heterocycles. The van der Waals surface area contributed by atoms with Gasteiger partial charge in [-0.1, -0.05) is 23.7 Å². The summed E-state index contributed by atoms with van der Waals surface area (Å²) in [6.45, 7) is 4.15. The Hall–Kier alpha value is -1.88. The second-order valence-electron chi connectivity index (χ2n) is 4.05. The quantitative estimate of drug-likeness (QED) is 0.348. The zero-order chi connectivity index (χ0) is 14.4. The largest absolute Gasteiger partial charge is 0.342 e. The molecule has 0 aliphatic heterocycles. The lowest BCUT2D eigenvalue weighted by atomic mass is 10.1. The number of rotatable bonds is 6. The fraction of sp³-hybridized carbons (Fsp3) is 0.308. The van der Waals surface area contributed by atoms with Gasteiger partial charge in [0.15, 0.2) is 0 Å². The van der Waals surface area contributed by atoms with Gasteiger partial charge in [0.05, 0.1) is 10.5 Å². The van der Waals surface area contributed by atoms with Crippen LogP contribution in [0.4, 0.5) is 5.69 Å². The van der Waals surface area contributed by atoms with Crippen LogP contribution in [-0.4, -0.2) is 29.3 Å². The summed E-state index contributed by atoms with van der Waals surface area (Å²) in [5.41, 5.74) is -0.107. The number of carbonyl (C=O) groups is 1. The average Bonchev–Trinajstić information content (AvgIpc) is 2.38. The number of hydrogen-bond donors (Lipinski definition) is 0. The summed E-state index contributed by atoms with van der Waals surface area (Å²) in [4.78, 5) is 23.8. The maximum absolute atomic E-state index is 12.1. The van der Waals surface area contributed by atoms with Gasteiger partial charge < -0.3 is 4.90 Å². The van der Waals surface area contributed by atoms with E-state index in [1.165, 1.54) is 23.1 Å². The standard InChI is InChI=1S/C13H15ClN2O3/c1-3-4-5-9-15(2)13(17)10-7-6-8-11(12(10)14)16(18)19/h3,6-8H,1,4-5,9H2,2H3. The number of benzene rings is 1. The van der Waals surface area contributed by atoms with Gasteiger partial charge in [-0.3, -0.25) is 14.9 Å². The zero-order valence-corrected chi connectivity index (χ0v) is 11.4. The molecule has 0 aliphatic rings. The normalized spacial score (nSPS) is 10.0. The monoisotopic (exact) mass is 282 g/mol. The molecule has 0 bridgehead atoms. The van der Waals surface area contributed by atoms with Gasteiger partial charge in [-0.25, -0.2) is 0 Å². The smallest absolute Gasteiger partial charge is 0.288 e. The molecule has 0 unspecified atom stereocenters. The molecule has 19 heavy (non-hydrogen) atoms. The summed E-state index contributed by atoms with van der Waals surface area (Å²) in [5, 5.41) is 10.6. The first-order valence-electron chi connectivity index (χ1n) is 5.78. The number of hydrogen-bond acceptors (Lipinski definition) is 3. The first kappa shape index (κ1) is 15.2. The Bertz CT molecular complexity index is 503. The van der Waals surface area contributed by atoms with Crippen LogP contribution in [0.25, 0.3) is 0 Å². The van der Waals surface area contributed by atoms with Crippen molar-refractivity contribution in [1.82, 2.24) is 4.90 Å². The number of allylic oxidation sites excluding steroid dienone is 1. The van der Waals surface area contributed by atoms with Gasteiger partial charge in [0.2, 0.25) is 0 Å². The van der Waals surface area contributed by atoms with E-state index < -0.39 is 4.92 Å². The fourth-order valence-corrected chi connectivity index (χ4v) is 1.88. The predicted molar refractivity (Wildman–Crippen MR) is 74.5 cm³/mol. The first-order valence-corrected chi connectivity index (χ1v) is 6.16. The lowest BCUT2D eigenvalue weighted by Crippen LogP contribution is -2.28. The van der Waals surface area contributed by atoms with Crippen molar-refractivity contribution < 1.29 is 9.72 Å². The van der Waals surface area contributed by atoms with Crippen LogP contribution in [0, 0.1) is 10.1 Å². The third-order valence-electron chi connectivity index (χ3n) is 2.65. The highest BCUT2D eigenvalue weighted by Gasteiger charge is 2.21. The fourth-order valence-electron chi connectivity index (χ4n) is 1.61. The zero-order valence-electron chi connectivity index (χ0n) is 10.6. The average molecular weight is 283 g/mol. The molecule has 0 saturated heterocycles. The summed E-state index contributed by atoms with van der Waals surface area (Å²) in [7, 11) is 1.64. The van der Waals surface area contributed by atoms with Crippen LogP contribution in [0.2, 0.25) is 5.02 Å². The summed E-state index contributed by atoms with van der Waals surface area (Å²) in [6, 6.07) is 4.22. The number of nitrogens with zero attached hydrogens (tertiary/aromatic N) is 2. The maximum Gasteiger partial charge on any atom is 0.288 e. The van der Waals surface area contributed by atoms with Crippen molar-refractivity contribution in [3.05, 3.63) is 51.6 Å². The molecule has 0 N–H and O–H groups in total. The van der Waals surface area contributed by atoms with Gasteiger partial charge in [-0.2, -0.15) is 0 Å². The van der Waals surface area contributed by atoms with E-state index in [0.717, 1.165) is 12.8 Å². The van der Waals surface area contributed by atoms with E-state index in [9.17, 15) is 14.9 Å². The predicted octanol–water partition coefficient (Wildman–Crippen LogP) is 3.29. The van der Waals surface area contributed by atoms with Crippen molar-refractivity contribution in [3.63, 3.8) is 0 Å². The van der Waals surface area contributed by atoms with E-state index in [1.807, 2.05) is 0 Å². The van der Waals surface area contributed by atoms with Gasteiger partial charge in [-0.15, -0.1) is 6.58 Å². The number of carbonyl (C=O) groups excluding carboxylic acids is 1. The molecule has 0 radical (unpaired) electrons. The number of halogens is 1. The molecular weight excluding hydrogens is 268 g/mol. The van der Waals surface area contributed by atoms with E-state index in [1.54, 1.807) is 13.1 Å². The molecule has 1 aromatic carbocycles. The van der Waals surface area contributed by atoms with Gasteiger partial charge in [0.1, 0.15) is 5.02 Å². The molecular formula is C13H15ClN2O3. The van der Waals surface area contributed by atoms with E-state index in [0.29, 0.717) is 6.54 Å². The Morgan fingerprint density at radius 2 is 2.26 bits per heavy atom. The SMILES string of the molecule is C=CCCCN(C)C(=O)c1cccc([N+](=O)[O-])c1Cl. The molecule has 0 atom stereocenters. The van der Waals surface area contributed by atoms with E-state index in [-0.39, 0.29) is 22.2 Å². The van der Waals surface area contributed by atoms with Gasteiger partial charge >= 0.3 is 0 Å². The molecule has 6 heteroatoms. The van der Waals surface area contributed by atoms with Crippen molar-refractivity contribution in [2.45, 2.75) is 12.8 Å². The molecule has 0 heterocycles. The van der Waals surface area contributed by atoms with Crippen molar-refractivity contribution in [3.8, 4) is 0 Å². The molecule has 0 saturated carbocycles. The minimum atomic E-state index is -0.600. The van der Waals surface area contributed by atoms with Crippen LogP contribution in [-0.2, 0) is 0 Å². The molecule has 1 amide bonds.